The van der Waals surface area contributed by atoms with E-state index in [1.165, 1.54) is 12.1 Å². The number of carboxylic acid groups (broad SMARTS) is 1. The zero-order chi connectivity index (χ0) is 19.9. The van der Waals surface area contributed by atoms with Crippen LogP contribution in [-0.4, -0.2) is 40.7 Å². The van der Waals surface area contributed by atoms with Gasteiger partial charge in [0.2, 0.25) is 0 Å². The number of benzene rings is 1. The number of alkyl halides is 3. The molecule has 0 amide bonds. The highest BCUT2D eigenvalue weighted by atomic mass is 32.1. The molecule has 1 aromatic carbocycles. The highest BCUT2D eigenvalue weighted by molar-refractivity contribution is 7.09. The van der Waals surface area contributed by atoms with Crippen LogP contribution in [-0.2, 0) is 11.2 Å². The van der Waals surface area contributed by atoms with Crippen molar-refractivity contribution in [3.8, 4) is 0 Å². The lowest BCUT2D eigenvalue weighted by Crippen LogP contribution is -2.25. The molecule has 0 bridgehead atoms. The fraction of sp³-hybridized carbons (Fsp3) is 0.375. The quantitative estimate of drug-likeness (QED) is 0.766. The summed E-state index contributed by atoms with van der Waals surface area (Å²) in [5.41, 5.74) is 0.415. The van der Waals surface area contributed by atoms with Crippen molar-refractivity contribution >= 4 is 17.3 Å². The van der Waals surface area contributed by atoms with Crippen molar-refractivity contribution in [2.75, 3.05) is 13.6 Å². The maximum atomic E-state index is 13.5. The highest BCUT2D eigenvalue weighted by Gasteiger charge is 2.38. The van der Waals surface area contributed by atoms with Crippen molar-refractivity contribution in [1.82, 2.24) is 9.88 Å². The Morgan fingerprint density at radius 3 is 2.46 bits per heavy atom. The summed E-state index contributed by atoms with van der Waals surface area (Å²) in [6.07, 6.45) is -2.83. The van der Waals surface area contributed by atoms with Crippen LogP contribution in [0.15, 0.2) is 29.8 Å². The Morgan fingerprint density at radius 2 is 1.96 bits per heavy atom. The number of carboxylic acids is 1. The van der Waals surface area contributed by atoms with Crippen LogP contribution < -0.4 is 0 Å². The van der Waals surface area contributed by atoms with Gasteiger partial charge in [0, 0.05) is 18.1 Å². The first kappa shape index (κ1) is 22.0. The smallest absolute Gasteiger partial charge is 0.475 e. The Hall–Kier alpha value is -2.07. The maximum absolute atomic E-state index is 13.5. The molecule has 1 aromatic heterocycles. The van der Waals surface area contributed by atoms with Crippen molar-refractivity contribution in [2.24, 2.45) is 0 Å². The third-order valence-corrected chi connectivity index (χ3v) is 4.40. The average molecular weight is 396 g/mol. The second kappa shape index (κ2) is 9.58. The van der Waals surface area contributed by atoms with Gasteiger partial charge in [0.15, 0.2) is 0 Å². The molecule has 0 fully saturated rings. The Kier molecular flexibility index (Phi) is 8.09. The lowest BCUT2D eigenvalue weighted by atomic mass is 10.1. The van der Waals surface area contributed by atoms with Crippen LogP contribution >= 0.6 is 11.3 Å². The molecule has 2 rings (SSSR count). The van der Waals surface area contributed by atoms with Crippen LogP contribution in [0.3, 0.4) is 0 Å². The Balaban J connectivity index is 0.000000412. The maximum Gasteiger partial charge on any atom is 0.490 e. The predicted molar refractivity (Wildman–Crippen MR) is 86.9 cm³/mol. The van der Waals surface area contributed by atoms with E-state index in [4.69, 9.17) is 9.90 Å². The molecule has 0 spiro atoms. The molecule has 1 atom stereocenters. The first-order chi connectivity index (χ1) is 12.0. The first-order valence-electron chi connectivity index (χ1n) is 7.36. The number of nitrogens with zero attached hydrogens (tertiary/aromatic N) is 2. The lowest BCUT2D eigenvalue weighted by Gasteiger charge is -2.22. The third-order valence-electron chi connectivity index (χ3n) is 3.45. The molecule has 1 unspecified atom stereocenters. The van der Waals surface area contributed by atoms with Crippen LogP contribution in [0.5, 0.6) is 0 Å². The van der Waals surface area contributed by atoms with Crippen molar-refractivity contribution < 1.29 is 31.9 Å². The van der Waals surface area contributed by atoms with Gasteiger partial charge in [-0.2, -0.15) is 13.2 Å². The predicted octanol–water partition coefficient (Wildman–Crippen LogP) is 4.29. The number of halogens is 5. The topological polar surface area (TPSA) is 53.4 Å². The summed E-state index contributed by atoms with van der Waals surface area (Å²) in [6, 6.07) is 3.75. The number of aromatic nitrogens is 1. The minimum atomic E-state index is -5.08. The van der Waals surface area contributed by atoms with Crippen molar-refractivity contribution in [2.45, 2.75) is 25.6 Å². The van der Waals surface area contributed by atoms with Crippen LogP contribution in [0.4, 0.5) is 22.0 Å². The van der Waals surface area contributed by atoms with Gasteiger partial charge < -0.3 is 5.11 Å². The van der Waals surface area contributed by atoms with Gasteiger partial charge in [0.1, 0.15) is 16.6 Å². The van der Waals surface area contributed by atoms with Gasteiger partial charge in [-0.3, -0.25) is 4.90 Å². The zero-order valence-corrected chi connectivity index (χ0v) is 14.7. The summed E-state index contributed by atoms with van der Waals surface area (Å²) in [6.45, 7) is 2.71. The second-order valence-electron chi connectivity index (χ2n) is 5.32. The molecule has 1 heterocycles. The van der Waals surface area contributed by atoms with E-state index >= 15 is 0 Å². The Morgan fingerprint density at radius 1 is 1.35 bits per heavy atom. The summed E-state index contributed by atoms with van der Waals surface area (Å²) in [7, 11) is 1.96. The molecule has 0 radical (unpaired) electrons. The molecule has 0 saturated heterocycles. The number of rotatable bonds is 5. The van der Waals surface area contributed by atoms with E-state index in [0.29, 0.717) is 18.5 Å². The molecule has 26 heavy (non-hydrogen) atoms. The summed E-state index contributed by atoms with van der Waals surface area (Å²) in [5.74, 6) is -3.50. The molecular weight excluding hydrogens is 379 g/mol. The van der Waals surface area contributed by atoms with Crippen LogP contribution in [0, 0.1) is 11.6 Å². The summed E-state index contributed by atoms with van der Waals surface area (Å²) in [5, 5.41) is 10.1. The van der Waals surface area contributed by atoms with Crippen molar-refractivity contribution in [1.29, 1.82) is 0 Å². The molecule has 0 saturated carbocycles. The normalized spacial score (nSPS) is 12.5. The molecule has 10 heteroatoms. The van der Waals surface area contributed by atoms with E-state index in [2.05, 4.69) is 16.8 Å². The van der Waals surface area contributed by atoms with Crippen molar-refractivity contribution in [3.05, 3.63) is 52.0 Å². The van der Waals surface area contributed by atoms with Gasteiger partial charge >= 0.3 is 12.1 Å². The van der Waals surface area contributed by atoms with E-state index in [-0.39, 0.29) is 11.9 Å². The van der Waals surface area contributed by atoms with Crippen LogP contribution in [0.1, 0.15) is 23.5 Å². The van der Waals surface area contributed by atoms with E-state index in [1.54, 1.807) is 17.5 Å². The molecule has 0 aliphatic heterocycles. The summed E-state index contributed by atoms with van der Waals surface area (Å²) >= 11 is 1.60. The number of thiazole rings is 1. The van der Waals surface area contributed by atoms with Crippen molar-refractivity contribution in [3.63, 3.8) is 0 Å². The molecule has 0 aliphatic carbocycles. The minimum Gasteiger partial charge on any atom is -0.475 e. The Bertz CT molecular complexity index is 707. The Labute approximate surface area is 150 Å². The lowest BCUT2D eigenvalue weighted by molar-refractivity contribution is -0.192. The summed E-state index contributed by atoms with van der Waals surface area (Å²) in [4.78, 5) is 15.2. The standard InChI is InChI=1S/C14H16F2N2S.C2HF3O2/c1-10(14-17-6-8-19-14)18(2)7-5-11-9-12(15)3-4-13(11)16;3-2(4,5)1(6)7/h3-4,6,8-10H,5,7H2,1-2H3;(H,6,7). The average Bonchev–Trinajstić information content (AvgIpc) is 3.08. The van der Waals surface area contributed by atoms with Gasteiger partial charge in [-0.05, 0) is 44.2 Å². The number of likely N-dealkylation sites (N-methyl/N-ethyl adjacent to an activating group) is 1. The number of hydrogen-bond acceptors (Lipinski definition) is 4. The molecule has 0 aliphatic rings. The van der Waals surface area contributed by atoms with E-state index in [9.17, 15) is 22.0 Å². The molecule has 1 N–H and O–H groups in total. The number of hydrogen-bond donors (Lipinski definition) is 1. The number of aliphatic carboxylic acids is 1. The van der Waals surface area contributed by atoms with Gasteiger partial charge in [-0.25, -0.2) is 18.6 Å². The second-order valence-corrected chi connectivity index (χ2v) is 6.24. The minimum absolute atomic E-state index is 0.177. The van der Waals surface area contributed by atoms with Gasteiger partial charge in [0.05, 0.1) is 6.04 Å². The van der Waals surface area contributed by atoms with E-state index in [0.717, 1.165) is 11.1 Å². The molecule has 2 aromatic rings. The first-order valence-corrected chi connectivity index (χ1v) is 8.24. The van der Waals surface area contributed by atoms with Gasteiger partial charge in [0.25, 0.3) is 0 Å². The highest BCUT2D eigenvalue weighted by Crippen LogP contribution is 2.21. The molecule has 144 valence electrons. The SMILES string of the molecule is CC(c1nccs1)N(C)CCc1cc(F)ccc1F.O=C(O)C(F)(F)F. The zero-order valence-electron chi connectivity index (χ0n) is 13.9. The molecule has 4 nitrogen and oxygen atoms in total. The van der Waals surface area contributed by atoms with E-state index < -0.39 is 18.0 Å². The largest absolute Gasteiger partial charge is 0.490 e. The van der Waals surface area contributed by atoms with E-state index in [1.807, 2.05) is 12.4 Å². The fourth-order valence-corrected chi connectivity index (χ4v) is 2.61. The molecular formula is C16H17F5N2O2S. The van der Waals surface area contributed by atoms with Crippen LogP contribution in [0.2, 0.25) is 0 Å². The summed E-state index contributed by atoms with van der Waals surface area (Å²) < 4.78 is 58.3. The van der Waals surface area contributed by atoms with Gasteiger partial charge in [-0.15, -0.1) is 11.3 Å². The number of carbonyl (C=O) groups is 1. The van der Waals surface area contributed by atoms with Gasteiger partial charge in [-0.1, -0.05) is 0 Å². The van der Waals surface area contributed by atoms with Crippen LogP contribution in [0.25, 0.3) is 0 Å². The monoisotopic (exact) mass is 396 g/mol. The third kappa shape index (κ3) is 7.04. The fourth-order valence-electron chi connectivity index (χ4n) is 1.85.